The van der Waals surface area contributed by atoms with Crippen LogP contribution in [0.1, 0.15) is 11.1 Å². The highest BCUT2D eigenvalue weighted by Gasteiger charge is 2.23. The number of hydrogen-bond acceptors (Lipinski definition) is 4. The van der Waals surface area contributed by atoms with Gasteiger partial charge in [-0.05, 0) is 71.2 Å². The van der Waals surface area contributed by atoms with Gasteiger partial charge in [-0.25, -0.2) is 4.79 Å². The van der Waals surface area contributed by atoms with E-state index in [1.807, 2.05) is 56.3 Å². The molecule has 0 aliphatic carbocycles. The molecule has 31 heavy (non-hydrogen) atoms. The van der Waals surface area contributed by atoms with E-state index >= 15 is 0 Å². The Balaban J connectivity index is 1.45. The van der Waals surface area contributed by atoms with Gasteiger partial charge in [-0.15, -0.1) is 5.10 Å². The smallest absolute Gasteiger partial charge is 0.321 e. The molecule has 0 radical (unpaired) electrons. The summed E-state index contributed by atoms with van der Waals surface area (Å²) < 4.78 is 2.29. The van der Waals surface area contributed by atoms with E-state index in [4.69, 9.17) is 0 Å². The maximum absolute atomic E-state index is 12.6. The lowest BCUT2D eigenvalue weighted by molar-refractivity contribution is 0.208. The first-order valence-electron chi connectivity index (χ1n) is 10.2. The average molecular weight is 482 g/mol. The van der Waals surface area contributed by atoms with Crippen LogP contribution in [0.3, 0.4) is 0 Å². The van der Waals surface area contributed by atoms with Gasteiger partial charge in [-0.2, -0.15) is 4.68 Å². The van der Waals surface area contributed by atoms with E-state index in [0.717, 1.165) is 27.2 Å². The molecule has 1 aliphatic heterocycles. The van der Waals surface area contributed by atoms with E-state index < -0.39 is 0 Å². The van der Waals surface area contributed by atoms with Crippen molar-refractivity contribution in [2.45, 2.75) is 13.8 Å². The molecule has 1 aliphatic rings. The number of aryl methyl sites for hydroxylation is 2. The van der Waals surface area contributed by atoms with Crippen LogP contribution in [0.15, 0.2) is 63.9 Å². The second-order valence-corrected chi connectivity index (χ2v) is 8.45. The third-order valence-corrected chi connectivity index (χ3v) is 6.22. The van der Waals surface area contributed by atoms with Crippen molar-refractivity contribution in [3.05, 3.63) is 80.6 Å². The summed E-state index contributed by atoms with van der Waals surface area (Å²) in [6, 6.07) is 16.6. The molecule has 160 valence electrons. The molecule has 0 spiro atoms. The Morgan fingerprint density at radius 2 is 1.71 bits per heavy atom. The number of rotatable bonds is 3. The molecule has 2 heterocycles. The molecule has 0 saturated carbocycles. The third kappa shape index (κ3) is 4.64. The molecule has 1 fully saturated rings. The minimum atomic E-state index is -0.168. The summed E-state index contributed by atoms with van der Waals surface area (Å²) in [7, 11) is 0. The summed E-state index contributed by atoms with van der Waals surface area (Å²) in [5, 5.41) is 7.53. The van der Waals surface area contributed by atoms with Crippen LogP contribution in [0, 0.1) is 13.8 Å². The molecular weight excluding hydrogens is 458 g/mol. The highest BCUT2D eigenvalue weighted by molar-refractivity contribution is 9.10. The summed E-state index contributed by atoms with van der Waals surface area (Å²) in [5.74, 6) is 0.726. The van der Waals surface area contributed by atoms with Crippen LogP contribution in [0.4, 0.5) is 16.3 Å². The van der Waals surface area contributed by atoms with Crippen molar-refractivity contribution in [3.8, 4) is 5.69 Å². The van der Waals surface area contributed by atoms with Gasteiger partial charge in [0.1, 0.15) is 5.82 Å². The molecule has 2 amide bonds. The van der Waals surface area contributed by atoms with Crippen molar-refractivity contribution in [1.29, 1.82) is 0 Å². The van der Waals surface area contributed by atoms with Crippen molar-refractivity contribution in [1.82, 2.24) is 14.7 Å². The lowest BCUT2D eigenvalue weighted by Crippen LogP contribution is -2.50. The first-order valence-corrected chi connectivity index (χ1v) is 10.9. The van der Waals surface area contributed by atoms with Crippen LogP contribution < -0.4 is 15.8 Å². The number of halogens is 1. The van der Waals surface area contributed by atoms with Crippen molar-refractivity contribution in [2.24, 2.45) is 0 Å². The van der Waals surface area contributed by atoms with E-state index in [2.05, 4.69) is 31.2 Å². The van der Waals surface area contributed by atoms with Crippen LogP contribution in [0.2, 0.25) is 0 Å². The van der Waals surface area contributed by atoms with Gasteiger partial charge in [0.05, 0.1) is 11.4 Å². The molecule has 8 heteroatoms. The quantitative estimate of drug-likeness (QED) is 0.614. The lowest BCUT2D eigenvalue weighted by Gasteiger charge is -2.35. The first kappa shape index (κ1) is 21.1. The number of anilines is 2. The summed E-state index contributed by atoms with van der Waals surface area (Å²) in [6.07, 6.45) is 0. The van der Waals surface area contributed by atoms with Crippen molar-refractivity contribution in [3.63, 3.8) is 0 Å². The Kier molecular flexibility index (Phi) is 6.08. The van der Waals surface area contributed by atoms with Crippen LogP contribution >= 0.6 is 15.9 Å². The van der Waals surface area contributed by atoms with E-state index in [9.17, 15) is 9.59 Å². The fourth-order valence-electron chi connectivity index (χ4n) is 3.51. The van der Waals surface area contributed by atoms with Gasteiger partial charge in [0.15, 0.2) is 0 Å². The van der Waals surface area contributed by atoms with Gasteiger partial charge in [0.2, 0.25) is 0 Å². The zero-order chi connectivity index (χ0) is 22.0. The van der Waals surface area contributed by atoms with Crippen molar-refractivity contribution < 1.29 is 4.79 Å². The number of carbonyl (C=O) groups excluding carboxylic acids is 1. The largest absolute Gasteiger partial charge is 0.352 e. The van der Waals surface area contributed by atoms with Gasteiger partial charge >= 0.3 is 6.03 Å². The van der Waals surface area contributed by atoms with E-state index in [-0.39, 0.29) is 11.6 Å². The van der Waals surface area contributed by atoms with E-state index in [1.165, 1.54) is 10.2 Å². The van der Waals surface area contributed by atoms with Gasteiger partial charge in [0, 0.05) is 36.7 Å². The molecule has 0 bridgehead atoms. The maximum Gasteiger partial charge on any atom is 0.321 e. The summed E-state index contributed by atoms with van der Waals surface area (Å²) >= 11 is 3.45. The van der Waals surface area contributed by atoms with E-state index in [1.54, 1.807) is 17.0 Å². The van der Waals surface area contributed by atoms with E-state index in [0.29, 0.717) is 26.2 Å². The minimum Gasteiger partial charge on any atom is -0.352 e. The van der Waals surface area contributed by atoms with Gasteiger partial charge in [-0.3, -0.25) is 4.79 Å². The Bertz CT molecular complexity index is 1170. The predicted molar refractivity (Wildman–Crippen MR) is 126 cm³/mol. The van der Waals surface area contributed by atoms with Crippen molar-refractivity contribution >= 4 is 33.5 Å². The number of carbonyl (C=O) groups is 1. The Morgan fingerprint density at radius 3 is 2.42 bits per heavy atom. The number of urea groups is 1. The molecular formula is C23H24BrN5O2. The number of hydrogen-bond donors (Lipinski definition) is 1. The number of para-hydroxylation sites is 1. The maximum atomic E-state index is 12.6. The molecule has 2 aromatic carbocycles. The first-order chi connectivity index (χ1) is 14.9. The fourth-order valence-corrected chi connectivity index (χ4v) is 3.89. The van der Waals surface area contributed by atoms with Crippen LogP contribution in [0.5, 0.6) is 0 Å². The number of benzene rings is 2. The molecule has 0 unspecified atom stereocenters. The molecule has 4 rings (SSSR count). The van der Waals surface area contributed by atoms with Crippen LogP contribution in [-0.4, -0.2) is 46.9 Å². The van der Waals surface area contributed by atoms with Crippen LogP contribution in [0.25, 0.3) is 5.69 Å². The van der Waals surface area contributed by atoms with Crippen LogP contribution in [-0.2, 0) is 0 Å². The SMILES string of the molecule is Cc1ccc(-n2nc(N3CCN(C(=O)Nc4ccccc4Br)CC3)ccc2=O)cc1C. The highest BCUT2D eigenvalue weighted by Crippen LogP contribution is 2.22. The Labute approximate surface area is 189 Å². The molecule has 1 aromatic heterocycles. The molecule has 3 aromatic rings. The monoisotopic (exact) mass is 481 g/mol. The second-order valence-electron chi connectivity index (χ2n) is 7.59. The molecule has 1 saturated heterocycles. The second kappa shape index (κ2) is 8.93. The summed E-state index contributed by atoms with van der Waals surface area (Å²) in [5.41, 5.74) is 3.61. The van der Waals surface area contributed by atoms with Gasteiger partial charge in [-0.1, -0.05) is 18.2 Å². The van der Waals surface area contributed by atoms with Crippen molar-refractivity contribution in [2.75, 3.05) is 36.4 Å². The number of aromatic nitrogens is 2. The summed E-state index contributed by atoms with van der Waals surface area (Å²) in [4.78, 5) is 28.9. The molecule has 7 nitrogen and oxygen atoms in total. The summed E-state index contributed by atoms with van der Waals surface area (Å²) in [6.45, 7) is 6.48. The third-order valence-electron chi connectivity index (χ3n) is 5.53. The normalized spacial score (nSPS) is 13.9. The Morgan fingerprint density at radius 1 is 0.968 bits per heavy atom. The number of nitrogens with one attached hydrogen (secondary N) is 1. The molecule has 0 atom stereocenters. The zero-order valence-corrected chi connectivity index (χ0v) is 19.1. The Hall–Kier alpha value is -3.13. The fraction of sp³-hybridized carbons (Fsp3) is 0.261. The lowest BCUT2D eigenvalue weighted by atomic mass is 10.1. The number of nitrogens with zero attached hydrogens (tertiary/aromatic N) is 4. The number of amides is 2. The topological polar surface area (TPSA) is 70.5 Å². The average Bonchev–Trinajstić information content (AvgIpc) is 2.78. The minimum absolute atomic E-state index is 0.125. The highest BCUT2D eigenvalue weighted by atomic mass is 79.9. The van der Waals surface area contributed by atoms with Gasteiger partial charge < -0.3 is 15.1 Å². The number of piperazine rings is 1. The standard InChI is InChI=1S/C23H24BrN5O2/c1-16-7-8-18(15-17(16)2)29-22(30)10-9-21(26-29)27-11-13-28(14-12-27)23(31)25-20-6-4-3-5-19(20)24/h3-10,15H,11-14H2,1-2H3,(H,25,31). The predicted octanol–water partition coefficient (Wildman–Crippen LogP) is 3.97. The zero-order valence-electron chi connectivity index (χ0n) is 17.5. The molecule has 1 N–H and O–H groups in total. The van der Waals surface area contributed by atoms with Gasteiger partial charge in [0.25, 0.3) is 5.56 Å².